The Balaban J connectivity index is 0.0000260. The molecule has 0 heterocycles. The molecule has 0 radical (unpaired) electrons. The minimum absolute atomic E-state index is 0. The topological polar surface area (TPSA) is 125 Å². The predicted octanol–water partition coefficient (Wildman–Crippen LogP) is 9.68. The van der Waals surface area contributed by atoms with Gasteiger partial charge in [0.2, 0.25) is 22.2 Å². The van der Waals surface area contributed by atoms with E-state index < -0.39 is 17.0 Å². The summed E-state index contributed by atoms with van der Waals surface area (Å²) >= 11 is 0. The van der Waals surface area contributed by atoms with Crippen LogP contribution < -0.4 is 40.2 Å². The zero-order valence-corrected chi connectivity index (χ0v) is 36.5. The third kappa shape index (κ3) is 32.5. The molecule has 8 nitrogen and oxygen atoms in total. The number of rotatable bonds is 36. The summed E-state index contributed by atoms with van der Waals surface area (Å²) in [7, 11) is -4.92. The molecule has 0 aliphatic heterocycles. The molecule has 0 aliphatic rings. The monoisotopic (exact) mass is 759 g/mol. The first-order chi connectivity index (χ1) is 24.7. The molecule has 2 amide bonds. The van der Waals surface area contributed by atoms with E-state index in [0.717, 1.165) is 38.5 Å². The Morgan fingerprint density at radius 1 is 0.538 bits per heavy atom. The zero-order valence-electron chi connectivity index (χ0n) is 33.7. The SMILES string of the molecule is CCCCCCCCCCCCCCCCCC(=O)Nc1ccc(NC(=O)CCCCCCCCCCCCCCCC)cc1COS(=O)(=O)[O-].[Na+]. The molecular formula is C42H75N2NaO6S. The van der Waals surface area contributed by atoms with E-state index in [4.69, 9.17) is 0 Å². The first kappa shape index (κ1) is 51.0. The van der Waals surface area contributed by atoms with Crippen molar-refractivity contribution in [2.45, 2.75) is 219 Å². The van der Waals surface area contributed by atoms with Gasteiger partial charge in [-0.1, -0.05) is 187 Å². The second kappa shape index (κ2) is 35.7. The van der Waals surface area contributed by atoms with Crippen molar-refractivity contribution in [1.29, 1.82) is 0 Å². The van der Waals surface area contributed by atoms with Gasteiger partial charge in [0.05, 0.1) is 6.61 Å². The second-order valence-corrected chi connectivity index (χ2v) is 15.7. The van der Waals surface area contributed by atoms with Gasteiger partial charge < -0.3 is 15.2 Å². The van der Waals surface area contributed by atoms with Crippen LogP contribution in [0.2, 0.25) is 0 Å². The van der Waals surface area contributed by atoms with Gasteiger partial charge in [-0.2, -0.15) is 0 Å². The van der Waals surface area contributed by atoms with Crippen molar-refractivity contribution in [2.24, 2.45) is 0 Å². The van der Waals surface area contributed by atoms with Gasteiger partial charge in [0.25, 0.3) is 0 Å². The van der Waals surface area contributed by atoms with Gasteiger partial charge in [0.15, 0.2) is 0 Å². The molecule has 0 saturated carbocycles. The van der Waals surface area contributed by atoms with Crippen LogP contribution in [0, 0.1) is 0 Å². The third-order valence-corrected chi connectivity index (χ3v) is 10.2. The van der Waals surface area contributed by atoms with Gasteiger partial charge >= 0.3 is 29.6 Å². The van der Waals surface area contributed by atoms with Crippen LogP contribution in [0.3, 0.4) is 0 Å². The van der Waals surface area contributed by atoms with Gasteiger partial charge in [-0.15, -0.1) is 0 Å². The second-order valence-electron chi connectivity index (χ2n) is 14.7. The van der Waals surface area contributed by atoms with Crippen molar-refractivity contribution in [2.75, 3.05) is 10.6 Å². The Morgan fingerprint density at radius 2 is 0.865 bits per heavy atom. The van der Waals surface area contributed by atoms with E-state index in [1.54, 1.807) is 18.2 Å². The van der Waals surface area contributed by atoms with Crippen molar-refractivity contribution in [3.05, 3.63) is 23.8 Å². The van der Waals surface area contributed by atoms with Crippen molar-refractivity contribution in [3.63, 3.8) is 0 Å². The number of anilines is 2. The average Bonchev–Trinajstić information content (AvgIpc) is 3.09. The van der Waals surface area contributed by atoms with Crippen LogP contribution in [-0.4, -0.2) is 24.8 Å². The van der Waals surface area contributed by atoms with Crippen molar-refractivity contribution < 1.29 is 56.3 Å². The number of carbonyl (C=O) groups excluding carboxylic acids is 2. The molecule has 0 bridgehead atoms. The molecule has 52 heavy (non-hydrogen) atoms. The fraction of sp³-hybridized carbons (Fsp3) is 0.810. The van der Waals surface area contributed by atoms with Gasteiger partial charge in [0, 0.05) is 29.8 Å². The fourth-order valence-electron chi connectivity index (χ4n) is 6.62. The number of nitrogens with one attached hydrogen (secondary N) is 2. The molecule has 0 atom stereocenters. The molecule has 0 spiro atoms. The molecule has 0 saturated heterocycles. The molecule has 0 aromatic heterocycles. The van der Waals surface area contributed by atoms with E-state index in [1.807, 2.05) is 0 Å². The van der Waals surface area contributed by atoms with E-state index >= 15 is 0 Å². The summed E-state index contributed by atoms with van der Waals surface area (Å²) < 4.78 is 37.9. The number of amides is 2. The molecule has 1 aromatic rings. The number of hydrogen-bond acceptors (Lipinski definition) is 6. The zero-order chi connectivity index (χ0) is 37.3. The van der Waals surface area contributed by atoms with Crippen molar-refractivity contribution in [3.8, 4) is 0 Å². The number of carbonyl (C=O) groups is 2. The Bertz CT molecular complexity index is 1120. The summed E-state index contributed by atoms with van der Waals surface area (Å²) in [5.74, 6) is -0.298. The average molecular weight is 759 g/mol. The Labute approximate surface area is 341 Å². The van der Waals surface area contributed by atoms with Crippen LogP contribution in [0.25, 0.3) is 0 Å². The molecule has 296 valence electrons. The predicted molar refractivity (Wildman–Crippen MR) is 213 cm³/mol. The van der Waals surface area contributed by atoms with E-state index in [9.17, 15) is 22.6 Å². The summed E-state index contributed by atoms with van der Waals surface area (Å²) in [6, 6.07) is 4.83. The van der Waals surface area contributed by atoms with Crippen LogP contribution in [0.15, 0.2) is 18.2 Å². The molecule has 0 aliphatic carbocycles. The smallest absolute Gasteiger partial charge is 0.726 e. The van der Waals surface area contributed by atoms with Crippen LogP contribution in [0.5, 0.6) is 0 Å². The molecule has 1 rings (SSSR count). The number of benzene rings is 1. The summed E-state index contributed by atoms with van der Waals surface area (Å²) in [6.07, 6.45) is 37.1. The maximum absolute atomic E-state index is 12.7. The number of unbranched alkanes of at least 4 members (excludes halogenated alkanes) is 27. The molecular weight excluding hydrogens is 684 g/mol. The molecule has 10 heteroatoms. The van der Waals surface area contributed by atoms with E-state index in [1.165, 1.54) is 148 Å². The van der Waals surface area contributed by atoms with Crippen LogP contribution >= 0.6 is 0 Å². The van der Waals surface area contributed by atoms with Gasteiger partial charge in [-0.25, -0.2) is 8.42 Å². The van der Waals surface area contributed by atoms with Gasteiger partial charge in [-0.3, -0.25) is 13.8 Å². The Morgan fingerprint density at radius 3 is 1.21 bits per heavy atom. The third-order valence-electron chi connectivity index (χ3n) is 9.79. The minimum atomic E-state index is -4.92. The maximum atomic E-state index is 12.7. The van der Waals surface area contributed by atoms with Crippen LogP contribution in [-0.2, 0) is 30.8 Å². The Hall–Kier alpha value is -0.970. The largest absolute Gasteiger partial charge is 1.00 e. The first-order valence-corrected chi connectivity index (χ1v) is 22.4. The van der Waals surface area contributed by atoms with E-state index in [0.29, 0.717) is 29.8 Å². The van der Waals surface area contributed by atoms with Crippen molar-refractivity contribution in [1.82, 2.24) is 0 Å². The summed E-state index contributed by atoms with van der Waals surface area (Å²) in [5.41, 5.74) is 1.15. The van der Waals surface area contributed by atoms with Crippen LogP contribution in [0.4, 0.5) is 11.4 Å². The van der Waals surface area contributed by atoms with Crippen molar-refractivity contribution >= 4 is 33.6 Å². The number of hydrogen-bond donors (Lipinski definition) is 2. The van der Waals surface area contributed by atoms with E-state index in [-0.39, 0.29) is 41.4 Å². The minimum Gasteiger partial charge on any atom is -0.726 e. The van der Waals surface area contributed by atoms with Gasteiger partial charge in [-0.05, 0) is 31.0 Å². The quantitative estimate of drug-likeness (QED) is 0.0304. The standard InChI is InChI=1S/C42H76N2O6S.Na/c1-3-5-7-9-11-13-15-17-19-21-23-25-27-29-31-33-42(46)44-40-35-34-39(36-38(40)37-50-51(47,48)49)43-41(45)32-30-28-26-24-22-20-18-16-14-12-10-8-6-4-2;/h34-36H,3-33,37H2,1-2H3,(H,43,45)(H,44,46)(H,47,48,49);/q;+1/p-1. The fourth-order valence-corrected chi connectivity index (χ4v) is 6.89. The van der Waals surface area contributed by atoms with Crippen LogP contribution in [0.1, 0.15) is 218 Å². The van der Waals surface area contributed by atoms with E-state index in [2.05, 4.69) is 28.7 Å². The normalized spacial score (nSPS) is 11.4. The first-order valence-electron chi connectivity index (χ1n) is 21.1. The Kier molecular flexibility index (Phi) is 35.0. The molecule has 1 aromatic carbocycles. The summed E-state index contributed by atoms with van der Waals surface area (Å²) in [5, 5.41) is 5.69. The summed E-state index contributed by atoms with van der Waals surface area (Å²) in [4.78, 5) is 25.3. The molecule has 0 unspecified atom stereocenters. The molecule has 2 N–H and O–H groups in total. The van der Waals surface area contributed by atoms with Gasteiger partial charge in [0.1, 0.15) is 0 Å². The molecule has 0 fully saturated rings. The summed E-state index contributed by atoms with van der Waals surface area (Å²) in [6.45, 7) is 3.99. The maximum Gasteiger partial charge on any atom is 1.00 e.